The van der Waals surface area contributed by atoms with Gasteiger partial charge in [-0.25, -0.2) is 8.78 Å². The third kappa shape index (κ3) is 5.22. The summed E-state index contributed by atoms with van der Waals surface area (Å²) in [6.45, 7) is 3.75. The summed E-state index contributed by atoms with van der Waals surface area (Å²) >= 11 is 0. The van der Waals surface area contributed by atoms with Crippen molar-refractivity contribution in [2.45, 2.75) is 19.8 Å². The summed E-state index contributed by atoms with van der Waals surface area (Å²) in [6, 6.07) is 7.34. The van der Waals surface area contributed by atoms with Crippen molar-refractivity contribution >= 4 is 34.7 Å². The van der Waals surface area contributed by atoms with Gasteiger partial charge in [-0.3, -0.25) is 15.6 Å². The van der Waals surface area contributed by atoms with Crippen LogP contribution in [0, 0.1) is 29.4 Å². The Hall–Kier alpha value is -4.21. The fraction of sp³-hybridized carbons (Fsp3) is 0.269. The molecule has 0 spiro atoms. The van der Waals surface area contributed by atoms with Crippen molar-refractivity contribution < 1.29 is 13.6 Å². The maximum Gasteiger partial charge on any atom is 0.258 e. The first-order chi connectivity index (χ1) is 17.1. The van der Waals surface area contributed by atoms with E-state index in [1.165, 1.54) is 18.2 Å². The first kappa shape index (κ1) is 24.9. The molecule has 2 heterocycles. The van der Waals surface area contributed by atoms with Crippen molar-refractivity contribution in [3.63, 3.8) is 0 Å². The minimum absolute atomic E-state index is 0.00152. The predicted octanol–water partition coefficient (Wildman–Crippen LogP) is 3.49. The Labute approximate surface area is 208 Å². The van der Waals surface area contributed by atoms with Gasteiger partial charge in [0.05, 0.1) is 5.56 Å². The number of nitrogens with zero attached hydrogens (tertiary/aromatic N) is 2. The van der Waals surface area contributed by atoms with E-state index < -0.39 is 17.5 Å². The topological polar surface area (TPSA) is 135 Å². The van der Waals surface area contributed by atoms with Gasteiger partial charge in [0.15, 0.2) is 11.9 Å². The quantitative estimate of drug-likeness (QED) is 0.328. The number of aryl methyl sites for hydroxylation is 1. The van der Waals surface area contributed by atoms with Crippen molar-refractivity contribution in [1.29, 1.82) is 10.8 Å². The second-order valence-corrected chi connectivity index (χ2v) is 8.92. The standard InChI is InChI=1S/C26H29F2N7O/c1-15-12-20(17-6-10-35(11-7-17)26(31)32)22(28)14-23(15)33-24(36)19-3-2-18(13-21(19)27)16-4-8-34(9-5-16)25(29)30/h2-4,6,12-14H,5,7-11H2,1H3,(H3,29,30)(H3,31,32)(H,33,36). The molecule has 2 aliphatic heterocycles. The largest absolute Gasteiger partial charge is 0.370 e. The highest BCUT2D eigenvalue weighted by atomic mass is 19.1. The lowest BCUT2D eigenvalue weighted by molar-refractivity contribution is 0.102. The highest BCUT2D eigenvalue weighted by Crippen LogP contribution is 2.30. The Kier molecular flexibility index (Phi) is 7.05. The summed E-state index contributed by atoms with van der Waals surface area (Å²) in [6.07, 6.45) is 4.89. The number of amides is 1. The van der Waals surface area contributed by atoms with Crippen molar-refractivity contribution in [1.82, 2.24) is 9.80 Å². The molecule has 10 heteroatoms. The fourth-order valence-corrected chi connectivity index (χ4v) is 4.43. The van der Waals surface area contributed by atoms with Gasteiger partial charge in [0.25, 0.3) is 5.91 Å². The second kappa shape index (κ2) is 10.2. The maximum absolute atomic E-state index is 15.0. The van der Waals surface area contributed by atoms with Crippen molar-refractivity contribution in [3.8, 4) is 0 Å². The zero-order valence-corrected chi connectivity index (χ0v) is 20.0. The van der Waals surface area contributed by atoms with Crippen LogP contribution in [0.1, 0.15) is 39.9 Å². The van der Waals surface area contributed by atoms with Gasteiger partial charge in [-0.05, 0) is 66.3 Å². The number of hydrogen-bond donors (Lipinski definition) is 5. The molecule has 0 saturated heterocycles. The Morgan fingerprint density at radius 1 is 0.917 bits per heavy atom. The average molecular weight is 494 g/mol. The summed E-state index contributed by atoms with van der Waals surface area (Å²) in [4.78, 5) is 16.2. The Bertz CT molecular complexity index is 1300. The molecule has 0 saturated carbocycles. The van der Waals surface area contributed by atoms with E-state index in [9.17, 15) is 13.6 Å². The molecular weight excluding hydrogens is 464 g/mol. The summed E-state index contributed by atoms with van der Waals surface area (Å²) in [5, 5.41) is 17.7. The van der Waals surface area contributed by atoms with Gasteiger partial charge in [-0.15, -0.1) is 0 Å². The van der Waals surface area contributed by atoms with Crippen molar-refractivity contribution in [2.75, 3.05) is 31.5 Å². The summed E-state index contributed by atoms with van der Waals surface area (Å²) in [5.74, 6) is -1.84. The molecule has 0 unspecified atom stereocenters. The zero-order valence-electron chi connectivity index (χ0n) is 20.0. The number of guanidine groups is 2. The fourth-order valence-electron chi connectivity index (χ4n) is 4.43. The second-order valence-electron chi connectivity index (χ2n) is 8.92. The molecule has 188 valence electrons. The molecule has 7 N–H and O–H groups in total. The van der Waals surface area contributed by atoms with Crippen molar-refractivity contribution in [2.24, 2.45) is 11.5 Å². The van der Waals surface area contributed by atoms with Crippen LogP contribution in [0.25, 0.3) is 11.1 Å². The summed E-state index contributed by atoms with van der Waals surface area (Å²) < 4.78 is 29.8. The molecule has 2 aromatic rings. The van der Waals surface area contributed by atoms with Gasteiger partial charge in [0.1, 0.15) is 11.6 Å². The van der Waals surface area contributed by atoms with E-state index in [2.05, 4.69) is 5.32 Å². The van der Waals surface area contributed by atoms with E-state index in [4.69, 9.17) is 22.3 Å². The predicted molar refractivity (Wildman–Crippen MR) is 138 cm³/mol. The molecular formula is C26H29F2N7O. The SMILES string of the molecule is Cc1cc(C2=CCN(C(=N)N)CC2)c(F)cc1NC(=O)c1ccc(C2=CCN(C(=N)N)CC2)cc1F. The Morgan fingerprint density at radius 3 is 2.06 bits per heavy atom. The number of rotatable bonds is 4. The van der Waals surface area contributed by atoms with Crippen LogP contribution in [0.3, 0.4) is 0 Å². The molecule has 36 heavy (non-hydrogen) atoms. The number of benzene rings is 2. The number of carbonyl (C=O) groups excluding carboxylic acids is 1. The molecule has 2 aliphatic rings. The number of nitrogens with one attached hydrogen (secondary N) is 3. The van der Waals surface area contributed by atoms with Crippen LogP contribution in [0.15, 0.2) is 42.5 Å². The number of anilines is 1. The summed E-state index contributed by atoms with van der Waals surface area (Å²) in [7, 11) is 0. The average Bonchev–Trinajstić information content (AvgIpc) is 2.86. The molecule has 8 nitrogen and oxygen atoms in total. The smallest absolute Gasteiger partial charge is 0.258 e. The molecule has 0 bridgehead atoms. The first-order valence-corrected chi connectivity index (χ1v) is 11.6. The van der Waals surface area contributed by atoms with Crippen molar-refractivity contribution in [3.05, 3.63) is 76.4 Å². The maximum atomic E-state index is 15.0. The van der Waals surface area contributed by atoms with E-state index in [-0.39, 0.29) is 23.2 Å². The van der Waals surface area contributed by atoms with Gasteiger partial charge in [-0.1, -0.05) is 18.2 Å². The molecule has 0 aromatic heterocycles. The molecule has 0 radical (unpaired) electrons. The minimum Gasteiger partial charge on any atom is -0.370 e. The van der Waals surface area contributed by atoms with Gasteiger partial charge in [0.2, 0.25) is 0 Å². The summed E-state index contributed by atoms with van der Waals surface area (Å²) in [5.41, 5.74) is 14.7. The Balaban J connectivity index is 1.48. The molecule has 2 aromatic carbocycles. The van der Waals surface area contributed by atoms with Crippen LogP contribution < -0.4 is 16.8 Å². The van der Waals surface area contributed by atoms with E-state index in [1.807, 2.05) is 12.2 Å². The number of halogens is 2. The number of carbonyl (C=O) groups is 1. The Morgan fingerprint density at radius 2 is 1.53 bits per heavy atom. The van der Waals surface area contributed by atoms with E-state index in [1.54, 1.807) is 28.9 Å². The van der Waals surface area contributed by atoms with Crippen LogP contribution in [-0.2, 0) is 0 Å². The highest BCUT2D eigenvalue weighted by Gasteiger charge is 2.20. The van der Waals surface area contributed by atoms with Gasteiger partial charge < -0.3 is 26.6 Å². The molecule has 4 rings (SSSR count). The van der Waals surface area contributed by atoms with E-state index in [0.29, 0.717) is 55.7 Å². The number of hydrogen-bond acceptors (Lipinski definition) is 3. The third-order valence-corrected chi connectivity index (χ3v) is 6.59. The third-order valence-electron chi connectivity index (χ3n) is 6.59. The van der Waals surface area contributed by atoms with E-state index in [0.717, 1.165) is 11.1 Å². The molecule has 0 atom stereocenters. The van der Waals surface area contributed by atoms with Crippen LogP contribution in [-0.4, -0.2) is 53.8 Å². The lowest BCUT2D eigenvalue weighted by Crippen LogP contribution is -2.39. The monoisotopic (exact) mass is 493 g/mol. The normalized spacial score (nSPS) is 15.8. The van der Waals surface area contributed by atoms with Crippen LogP contribution in [0.5, 0.6) is 0 Å². The molecule has 0 aliphatic carbocycles. The minimum atomic E-state index is -0.669. The van der Waals surface area contributed by atoms with Crippen LogP contribution in [0.4, 0.5) is 14.5 Å². The highest BCUT2D eigenvalue weighted by molar-refractivity contribution is 6.05. The van der Waals surface area contributed by atoms with Gasteiger partial charge >= 0.3 is 0 Å². The lowest BCUT2D eigenvalue weighted by atomic mass is 9.96. The van der Waals surface area contributed by atoms with Gasteiger partial charge in [-0.2, -0.15) is 0 Å². The zero-order chi connectivity index (χ0) is 26.0. The number of nitrogens with two attached hydrogens (primary N) is 2. The molecule has 0 fully saturated rings. The van der Waals surface area contributed by atoms with E-state index >= 15 is 0 Å². The van der Waals surface area contributed by atoms with Crippen LogP contribution in [0.2, 0.25) is 0 Å². The lowest BCUT2D eigenvalue weighted by Gasteiger charge is -2.27. The molecule has 1 amide bonds. The van der Waals surface area contributed by atoms with Gasteiger partial charge in [0, 0.05) is 37.4 Å². The first-order valence-electron chi connectivity index (χ1n) is 11.6. The van der Waals surface area contributed by atoms with Crippen LogP contribution >= 0.6 is 0 Å².